The molecule has 0 heterocycles. The predicted molar refractivity (Wildman–Crippen MR) is 72.6 cm³/mol. The molecule has 0 aromatic heterocycles. The lowest BCUT2D eigenvalue weighted by Gasteiger charge is -2.14. The first-order valence-electron chi connectivity index (χ1n) is 6.61. The van der Waals surface area contributed by atoms with Gasteiger partial charge < -0.3 is 5.43 Å². The number of hydrazine groups is 1. The molecule has 1 amide bonds. The summed E-state index contributed by atoms with van der Waals surface area (Å²) in [5.41, 5.74) is 8.06. The van der Waals surface area contributed by atoms with E-state index in [0.717, 1.165) is 18.4 Å². The molecule has 0 aliphatic heterocycles. The number of hydrogen-bond donors (Lipinski definition) is 2. The number of rotatable bonds is 4. The summed E-state index contributed by atoms with van der Waals surface area (Å²) in [5, 5.41) is 0. The molecule has 0 radical (unpaired) electrons. The van der Waals surface area contributed by atoms with Gasteiger partial charge in [-0.05, 0) is 31.2 Å². The normalized spacial score (nSPS) is 15.0. The summed E-state index contributed by atoms with van der Waals surface area (Å²) in [7, 11) is 0. The number of amides is 1. The Balaban J connectivity index is 1.71. The molecule has 1 saturated carbocycles. The van der Waals surface area contributed by atoms with Crippen molar-refractivity contribution in [2.45, 2.75) is 38.5 Å². The maximum absolute atomic E-state index is 11.7. The first kappa shape index (κ1) is 12.7. The zero-order valence-corrected chi connectivity index (χ0v) is 10.6. The van der Waals surface area contributed by atoms with E-state index in [2.05, 4.69) is 10.9 Å². The number of carbonyl (C=O) groups excluding carboxylic acids is 1. The third-order valence-corrected chi connectivity index (χ3v) is 3.19. The zero-order valence-electron chi connectivity index (χ0n) is 10.6. The first-order valence-corrected chi connectivity index (χ1v) is 6.61. The molecule has 1 aromatic rings. The Labute approximate surface area is 108 Å². The Kier molecular flexibility index (Phi) is 4.82. The lowest BCUT2D eigenvalue weighted by molar-refractivity contribution is -0.121. The standard InChI is InChI=1S/C15H20N2O/c18-15(11-13-7-3-1-4-8-13)17-16-12-14-9-5-2-6-10-14/h1,3-4,7-8,12,16H,2,5-6,9-11H2,(H,17,18). The van der Waals surface area contributed by atoms with Crippen LogP contribution in [0.2, 0.25) is 0 Å². The Morgan fingerprint density at radius 2 is 1.83 bits per heavy atom. The van der Waals surface area contributed by atoms with Crippen molar-refractivity contribution in [3.8, 4) is 0 Å². The first-order chi connectivity index (χ1) is 8.84. The van der Waals surface area contributed by atoms with E-state index >= 15 is 0 Å². The lowest BCUT2D eigenvalue weighted by atomic mass is 9.96. The Hall–Kier alpha value is -1.77. The van der Waals surface area contributed by atoms with Crippen LogP contribution in [0, 0.1) is 0 Å². The predicted octanol–water partition coefficient (Wildman–Crippen LogP) is 2.70. The van der Waals surface area contributed by atoms with Crippen LogP contribution < -0.4 is 10.9 Å². The van der Waals surface area contributed by atoms with Crippen LogP contribution in [-0.2, 0) is 11.2 Å². The smallest absolute Gasteiger partial charge is 0.242 e. The molecule has 1 fully saturated rings. The van der Waals surface area contributed by atoms with Crippen molar-refractivity contribution in [1.29, 1.82) is 0 Å². The number of hydrogen-bond acceptors (Lipinski definition) is 2. The van der Waals surface area contributed by atoms with E-state index in [9.17, 15) is 4.79 Å². The molecule has 3 heteroatoms. The number of carbonyl (C=O) groups is 1. The maximum Gasteiger partial charge on any atom is 0.242 e. The van der Waals surface area contributed by atoms with Crippen LogP contribution in [0.25, 0.3) is 0 Å². The Morgan fingerprint density at radius 1 is 1.11 bits per heavy atom. The Morgan fingerprint density at radius 3 is 2.56 bits per heavy atom. The van der Waals surface area contributed by atoms with Crippen molar-refractivity contribution >= 4 is 5.91 Å². The van der Waals surface area contributed by atoms with Crippen molar-refractivity contribution in [2.75, 3.05) is 0 Å². The van der Waals surface area contributed by atoms with E-state index in [1.54, 1.807) is 0 Å². The highest BCUT2D eigenvalue weighted by Gasteiger charge is 2.05. The van der Waals surface area contributed by atoms with Gasteiger partial charge in [-0.2, -0.15) is 0 Å². The summed E-state index contributed by atoms with van der Waals surface area (Å²) in [4.78, 5) is 11.7. The minimum absolute atomic E-state index is 0.00569. The minimum atomic E-state index is -0.00569. The molecule has 0 saturated heterocycles. The van der Waals surface area contributed by atoms with Gasteiger partial charge in [-0.3, -0.25) is 10.2 Å². The molecule has 0 unspecified atom stereocenters. The van der Waals surface area contributed by atoms with E-state index in [-0.39, 0.29) is 5.91 Å². The van der Waals surface area contributed by atoms with Gasteiger partial charge in [0.15, 0.2) is 0 Å². The van der Waals surface area contributed by atoms with E-state index < -0.39 is 0 Å². The highest BCUT2D eigenvalue weighted by molar-refractivity contribution is 5.78. The third kappa shape index (κ3) is 4.24. The molecule has 3 nitrogen and oxygen atoms in total. The summed E-state index contributed by atoms with van der Waals surface area (Å²) in [6.45, 7) is 0. The number of benzene rings is 1. The van der Waals surface area contributed by atoms with Gasteiger partial charge in [0.2, 0.25) is 5.91 Å². The van der Waals surface area contributed by atoms with Crippen LogP contribution in [0.3, 0.4) is 0 Å². The monoisotopic (exact) mass is 244 g/mol. The van der Waals surface area contributed by atoms with Crippen LogP contribution in [-0.4, -0.2) is 5.91 Å². The van der Waals surface area contributed by atoms with Crippen molar-refractivity contribution in [3.63, 3.8) is 0 Å². The largest absolute Gasteiger partial charge is 0.306 e. The topological polar surface area (TPSA) is 41.1 Å². The molecule has 2 rings (SSSR count). The zero-order chi connectivity index (χ0) is 12.6. The average molecular weight is 244 g/mol. The van der Waals surface area contributed by atoms with Crippen molar-refractivity contribution < 1.29 is 4.79 Å². The molecule has 18 heavy (non-hydrogen) atoms. The average Bonchev–Trinajstić information content (AvgIpc) is 2.41. The number of allylic oxidation sites excluding steroid dienone is 1. The number of nitrogens with one attached hydrogen (secondary N) is 2. The van der Waals surface area contributed by atoms with E-state index in [1.165, 1.54) is 24.8 Å². The van der Waals surface area contributed by atoms with Crippen molar-refractivity contribution in [3.05, 3.63) is 47.7 Å². The second-order valence-electron chi connectivity index (χ2n) is 4.72. The van der Waals surface area contributed by atoms with Gasteiger partial charge in [-0.1, -0.05) is 42.3 Å². The van der Waals surface area contributed by atoms with E-state index in [1.807, 2.05) is 36.5 Å². The summed E-state index contributed by atoms with van der Waals surface area (Å²) in [6.07, 6.45) is 8.54. The minimum Gasteiger partial charge on any atom is -0.306 e. The third-order valence-electron chi connectivity index (χ3n) is 3.19. The van der Waals surface area contributed by atoms with Crippen LogP contribution in [0.4, 0.5) is 0 Å². The SMILES string of the molecule is O=C(Cc1ccccc1)NNC=C1CCCCC1. The highest BCUT2D eigenvalue weighted by atomic mass is 16.2. The quantitative estimate of drug-likeness (QED) is 0.800. The molecule has 0 atom stereocenters. The molecule has 1 aliphatic rings. The summed E-state index contributed by atoms with van der Waals surface area (Å²) in [6, 6.07) is 9.76. The molecule has 96 valence electrons. The van der Waals surface area contributed by atoms with Crippen molar-refractivity contribution in [2.24, 2.45) is 0 Å². The van der Waals surface area contributed by atoms with Gasteiger partial charge in [0.1, 0.15) is 0 Å². The van der Waals surface area contributed by atoms with Crippen LogP contribution >= 0.6 is 0 Å². The second-order valence-corrected chi connectivity index (χ2v) is 4.72. The molecule has 0 bridgehead atoms. The van der Waals surface area contributed by atoms with Gasteiger partial charge in [0.25, 0.3) is 0 Å². The molecule has 1 aliphatic carbocycles. The summed E-state index contributed by atoms with van der Waals surface area (Å²) < 4.78 is 0. The fourth-order valence-corrected chi connectivity index (χ4v) is 2.19. The molecular formula is C15H20N2O. The van der Waals surface area contributed by atoms with Gasteiger partial charge in [-0.15, -0.1) is 0 Å². The molecule has 1 aromatic carbocycles. The van der Waals surface area contributed by atoms with Crippen LogP contribution in [0.15, 0.2) is 42.1 Å². The van der Waals surface area contributed by atoms with Gasteiger partial charge in [0, 0.05) is 6.20 Å². The summed E-state index contributed by atoms with van der Waals surface area (Å²) in [5.74, 6) is -0.00569. The fourth-order valence-electron chi connectivity index (χ4n) is 2.19. The van der Waals surface area contributed by atoms with Crippen LogP contribution in [0.1, 0.15) is 37.7 Å². The highest BCUT2D eigenvalue weighted by Crippen LogP contribution is 2.21. The maximum atomic E-state index is 11.7. The van der Waals surface area contributed by atoms with E-state index in [4.69, 9.17) is 0 Å². The van der Waals surface area contributed by atoms with Gasteiger partial charge in [0.05, 0.1) is 6.42 Å². The Bertz CT molecular complexity index is 404. The fraction of sp³-hybridized carbons (Fsp3) is 0.400. The lowest BCUT2D eigenvalue weighted by Crippen LogP contribution is -2.35. The van der Waals surface area contributed by atoms with E-state index in [0.29, 0.717) is 6.42 Å². The van der Waals surface area contributed by atoms with Gasteiger partial charge >= 0.3 is 0 Å². The molecule has 2 N–H and O–H groups in total. The van der Waals surface area contributed by atoms with Crippen LogP contribution in [0.5, 0.6) is 0 Å². The van der Waals surface area contributed by atoms with Gasteiger partial charge in [-0.25, -0.2) is 0 Å². The van der Waals surface area contributed by atoms with Crippen molar-refractivity contribution in [1.82, 2.24) is 10.9 Å². The molecule has 0 spiro atoms. The summed E-state index contributed by atoms with van der Waals surface area (Å²) >= 11 is 0. The second kappa shape index (κ2) is 6.84. The molecular weight excluding hydrogens is 224 g/mol.